The SMILES string of the molecule is BrC1[C-]=C2C=c3ccccc3=C2O1.[S]=[Zr+2].[c-]1cccc2c1Cc1ccccc1-2. The first-order valence-corrected chi connectivity index (χ1v) is 13.2. The van der Waals surface area contributed by atoms with E-state index in [0.717, 1.165) is 40.4 Å². The molecule has 1 unspecified atom stereocenters. The minimum Gasteiger partial charge on any atom is -0.179 e. The Labute approximate surface area is 191 Å². The van der Waals surface area contributed by atoms with E-state index < -0.39 is 0 Å². The van der Waals surface area contributed by atoms with E-state index in [2.05, 4.69) is 91.5 Å². The molecule has 0 N–H and O–H groups in total. The van der Waals surface area contributed by atoms with Crippen molar-refractivity contribution < 1.29 is 27.4 Å². The van der Waals surface area contributed by atoms with Gasteiger partial charge in [0.05, 0.1) is 0 Å². The van der Waals surface area contributed by atoms with Crippen LogP contribution in [0, 0.1) is 12.1 Å². The Hall–Kier alpha value is -1.48. The van der Waals surface area contributed by atoms with E-state index in [1.165, 1.54) is 32.7 Å². The Kier molecular flexibility index (Phi) is 6.30. The first-order valence-electron chi connectivity index (χ1n) is 8.83. The van der Waals surface area contributed by atoms with Gasteiger partial charge in [-0.2, -0.15) is 41.5 Å². The Morgan fingerprint density at radius 3 is 2.61 bits per heavy atom. The summed E-state index contributed by atoms with van der Waals surface area (Å²) in [5.74, 6) is 0.956. The van der Waals surface area contributed by atoms with Crippen molar-refractivity contribution in [1.29, 1.82) is 0 Å². The molecule has 134 valence electrons. The monoisotopic (exact) mass is 520 g/mol. The van der Waals surface area contributed by atoms with Crippen LogP contribution in [0.5, 0.6) is 0 Å². The van der Waals surface area contributed by atoms with Gasteiger partial charge in [-0.25, -0.2) is 0 Å². The molecule has 3 aliphatic rings. The summed E-state index contributed by atoms with van der Waals surface area (Å²) in [6.07, 6.45) is 6.33. The third-order valence-electron chi connectivity index (χ3n) is 4.86. The van der Waals surface area contributed by atoms with Gasteiger partial charge in [-0.05, 0) is 11.6 Å². The van der Waals surface area contributed by atoms with Crippen molar-refractivity contribution in [1.82, 2.24) is 0 Å². The summed E-state index contributed by atoms with van der Waals surface area (Å²) in [7, 11) is 4.17. The van der Waals surface area contributed by atoms with Crippen LogP contribution in [-0.2, 0) is 33.8 Å². The van der Waals surface area contributed by atoms with Crippen LogP contribution < -0.4 is 10.4 Å². The maximum Gasteiger partial charge on any atom is -0.0253 e. The minimum absolute atomic E-state index is 0.0814. The Morgan fingerprint density at radius 2 is 1.71 bits per heavy atom. The molecule has 6 rings (SSSR count). The molecule has 3 aromatic rings. The molecule has 3 aromatic carbocycles. The van der Waals surface area contributed by atoms with Crippen LogP contribution in [0.1, 0.15) is 11.1 Å². The van der Waals surface area contributed by atoms with Crippen LogP contribution in [0.4, 0.5) is 0 Å². The molecule has 28 heavy (non-hydrogen) atoms. The van der Waals surface area contributed by atoms with Gasteiger partial charge in [0.1, 0.15) is 5.01 Å². The number of fused-ring (bicyclic) bond motifs is 5. The molecular weight excluding hydrogens is 507 g/mol. The van der Waals surface area contributed by atoms with Crippen LogP contribution >= 0.6 is 24.8 Å². The van der Waals surface area contributed by atoms with E-state index in [4.69, 9.17) is 4.74 Å². The van der Waals surface area contributed by atoms with Crippen LogP contribution in [0.2, 0.25) is 0 Å². The molecule has 1 aliphatic heterocycles. The van der Waals surface area contributed by atoms with Gasteiger partial charge in [0.25, 0.3) is 0 Å². The smallest absolute Gasteiger partial charge is 0.0253 e. The van der Waals surface area contributed by atoms with Crippen molar-refractivity contribution in [2.45, 2.75) is 11.4 Å². The molecule has 0 aromatic heterocycles. The molecule has 1 heterocycles. The van der Waals surface area contributed by atoms with E-state index in [-0.39, 0.29) is 5.01 Å². The summed E-state index contributed by atoms with van der Waals surface area (Å²) in [5, 5.41) is 2.31. The number of halogens is 1. The average molecular weight is 523 g/mol. The van der Waals surface area contributed by atoms with Crippen molar-refractivity contribution in [3.63, 3.8) is 0 Å². The molecule has 4 heteroatoms. The molecule has 0 saturated heterocycles. The van der Waals surface area contributed by atoms with Crippen LogP contribution in [0.25, 0.3) is 23.0 Å². The summed E-state index contributed by atoms with van der Waals surface area (Å²) in [6, 6.07) is 26.3. The summed E-state index contributed by atoms with van der Waals surface area (Å²) in [6.45, 7) is 0. The zero-order chi connectivity index (χ0) is 19.5. The van der Waals surface area contributed by atoms with Gasteiger partial charge in [-0.15, -0.1) is 11.6 Å². The van der Waals surface area contributed by atoms with Gasteiger partial charge in [0, 0.05) is 5.76 Å². The Bertz CT molecular complexity index is 1140. The number of hydrogen-bond acceptors (Lipinski definition) is 2. The van der Waals surface area contributed by atoms with E-state index in [1.807, 2.05) is 18.2 Å². The second-order valence-electron chi connectivity index (χ2n) is 6.45. The van der Waals surface area contributed by atoms with E-state index >= 15 is 0 Å². The molecule has 1 nitrogen and oxygen atoms in total. The molecule has 0 spiro atoms. The fourth-order valence-electron chi connectivity index (χ4n) is 3.68. The maximum absolute atomic E-state index is 5.57. The molecule has 0 bridgehead atoms. The maximum atomic E-state index is 5.57. The topological polar surface area (TPSA) is 9.23 Å². The summed E-state index contributed by atoms with van der Waals surface area (Å²) in [4.78, 5) is 0. The first-order chi connectivity index (χ1) is 13.8. The van der Waals surface area contributed by atoms with Crippen molar-refractivity contribution >= 4 is 36.6 Å². The van der Waals surface area contributed by atoms with E-state index in [9.17, 15) is 0 Å². The number of benzene rings is 3. The predicted octanol–water partition coefficient (Wildman–Crippen LogP) is 4.77. The largest absolute Gasteiger partial charge is 0.179 e. The average Bonchev–Trinajstić information content (AvgIpc) is 3.40. The molecule has 0 saturated carbocycles. The van der Waals surface area contributed by atoms with Gasteiger partial charge >= 0.3 is 31.5 Å². The molecule has 1 atom stereocenters. The van der Waals surface area contributed by atoms with E-state index in [0.29, 0.717) is 0 Å². The number of alkyl halides is 1. The summed E-state index contributed by atoms with van der Waals surface area (Å²) < 4.78 is 5.57. The Morgan fingerprint density at radius 1 is 0.964 bits per heavy atom. The van der Waals surface area contributed by atoms with Gasteiger partial charge < -0.3 is 4.74 Å². The minimum atomic E-state index is -0.0814. The Balaban J connectivity index is 0.000000126. The number of ether oxygens (including phenoxy) is 1. The van der Waals surface area contributed by atoms with Gasteiger partial charge in [0.2, 0.25) is 0 Å². The molecule has 2 aliphatic carbocycles. The van der Waals surface area contributed by atoms with Crippen molar-refractivity contribution in [3.05, 3.63) is 106 Å². The molecular formula is C24H15BrOSZr. The molecule has 0 amide bonds. The number of rotatable bonds is 0. The van der Waals surface area contributed by atoms with E-state index in [1.54, 1.807) is 0 Å². The fraction of sp³-hybridized carbons (Fsp3) is 0.0833. The fourth-order valence-corrected chi connectivity index (χ4v) is 4.12. The van der Waals surface area contributed by atoms with Gasteiger partial charge in [-0.1, -0.05) is 80.8 Å². The van der Waals surface area contributed by atoms with Crippen LogP contribution in [0.3, 0.4) is 0 Å². The summed E-state index contributed by atoms with van der Waals surface area (Å²) in [5.41, 5.74) is 6.58. The van der Waals surface area contributed by atoms with Gasteiger partial charge in [0.15, 0.2) is 0 Å². The van der Waals surface area contributed by atoms with Gasteiger partial charge in [-0.3, -0.25) is 0 Å². The van der Waals surface area contributed by atoms with Crippen molar-refractivity contribution in [2.75, 3.05) is 0 Å². The zero-order valence-corrected chi connectivity index (χ0v) is 19.8. The van der Waals surface area contributed by atoms with Crippen molar-refractivity contribution in [3.8, 4) is 11.1 Å². The second kappa shape index (κ2) is 8.90. The van der Waals surface area contributed by atoms with Crippen LogP contribution in [0.15, 0.2) is 72.3 Å². The predicted molar refractivity (Wildman–Crippen MR) is 115 cm³/mol. The molecule has 0 radical (unpaired) electrons. The van der Waals surface area contributed by atoms with Crippen molar-refractivity contribution in [2.24, 2.45) is 0 Å². The van der Waals surface area contributed by atoms with Crippen LogP contribution in [-0.4, -0.2) is 5.01 Å². The third kappa shape index (κ3) is 3.83. The second-order valence-corrected chi connectivity index (χ2v) is 7.28. The molecule has 0 fully saturated rings. The quantitative estimate of drug-likeness (QED) is 0.243. The zero-order valence-electron chi connectivity index (χ0n) is 14.9. The third-order valence-corrected chi connectivity index (χ3v) is 5.27. The normalized spacial score (nSPS) is 16.6. The first kappa shape index (κ1) is 19.8. The number of hydrogen-bond donors (Lipinski definition) is 0. The summed E-state index contributed by atoms with van der Waals surface area (Å²) >= 11 is 4.48. The standard InChI is InChI=1S/C13H9.C11H6BrO.S.Zr/c1-3-7-12-10(5-1)9-11-6-2-4-8-13(11)12;12-10-6-8-5-7-3-1-2-4-9(7)11(8)13-10;;/h1-5,7-8H,9H2;1-5,10H;;/q2*-1;;+2.